The quantitative estimate of drug-likeness (QED) is 0.223. The highest BCUT2D eigenvalue weighted by molar-refractivity contribution is 5.96. The van der Waals surface area contributed by atoms with E-state index < -0.39 is 23.4 Å². The molecule has 1 aliphatic rings. The lowest BCUT2D eigenvalue weighted by Gasteiger charge is -2.31. The fraction of sp³-hybridized carbons (Fsp3) is 0.111. The number of carbonyl (C=O) groups is 3. The average Bonchev–Trinajstić information content (AvgIpc) is 3.62. The van der Waals surface area contributed by atoms with Crippen molar-refractivity contribution in [2.75, 3.05) is 13.1 Å². The molecule has 5 aromatic rings. The van der Waals surface area contributed by atoms with Crippen LogP contribution in [0.25, 0.3) is 34.2 Å². The molecule has 0 unspecified atom stereocenters. The molecule has 0 bridgehead atoms. The van der Waals surface area contributed by atoms with Crippen LogP contribution in [0.5, 0.6) is 11.5 Å². The number of likely N-dealkylation sites (tertiary alicyclic amines) is 1. The summed E-state index contributed by atoms with van der Waals surface area (Å²) in [6, 6.07) is 11.1. The van der Waals surface area contributed by atoms with Gasteiger partial charge in [-0.25, -0.2) is 23.9 Å². The number of benzene rings is 2. The van der Waals surface area contributed by atoms with Crippen LogP contribution in [0.3, 0.4) is 0 Å². The highest BCUT2D eigenvalue weighted by Crippen LogP contribution is 2.27. The lowest BCUT2D eigenvalue weighted by Crippen LogP contribution is -2.42. The SMILES string of the molecule is O=C(O)c1ccc(-n2cc(-c3cc(C(=O)N4CCC4)cc(-c4cn(-c5ccc(C(=O)O)c(O)c5)nn4)n3)nn2)cc1O. The zero-order chi connectivity index (χ0) is 29.5. The van der Waals surface area contributed by atoms with Crippen molar-refractivity contribution in [3.05, 3.63) is 77.6 Å². The molecule has 1 fully saturated rings. The Bertz CT molecular complexity index is 1770. The summed E-state index contributed by atoms with van der Waals surface area (Å²) in [6.45, 7) is 1.26. The second-order valence-electron chi connectivity index (χ2n) is 9.38. The summed E-state index contributed by atoms with van der Waals surface area (Å²) < 4.78 is 2.66. The monoisotopic (exact) mass is 568 g/mol. The summed E-state index contributed by atoms with van der Waals surface area (Å²) in [5, 5.41) is 54.9. The highest BCUT2D eigenvalue weighted by atomic mass is 16.4. The summed E-state index contributed by atoms with van der Waals surface area (Å²) in [4.78, 5) is 41.9. The molecular weight excluding hydrogens is 548 g/mol. The van der Waals surface area contributed by atoms with Crippen LogP contribution in [0.2, 0.25) is 0 Å². The molecule has 15 heteroatoms. The topological polar surface area (TPSA) is 210 Å². The zero-order valence-electron chi connectivity index (χ0n) is 21.5. The molecule has 4 heterocycles. The Hall–Kier alpha value is -6.12. The number of amides is 1. The van der Waals surface area contributed by atoms with Crippen LogP contribution < -0.4 is 0 Å². The second-order valence-corrected chi connectivity index (χ2v) is 9.38. The van der Waals surface area contributed by atoms with Gasteiger partial charge in [0.2, 0.25) is 0 Å². The van der Waals surface area contributed by atoms with Gasteiger partial charge in [-0.3, -0.25) is 4.79 Å². The van der Waals surface area contributed by atoms with Gasteiger partial charge in [0.05, 0.1) is 35.2 Å². The largest absolute Gasteiger partial charge is 0.507 e. The van der Waals surface area contributed by atoms with E-state index in [1.54, 1.807) is 17.0 Å². The van der Waals surface area contributed by atoms with E-state index in [2.05, 4.69) is 25.6 Å². The molecule has 1 aliphatic heterocycles. The van der Waals surface area contributed by atoms with Crippen LogP contribution in [-0.2, 0) is 0 Å². The van der Waals surface area contributed by atoms with Crippen molar-refractivity contribution in [1.29, 1.82) is 0 Å². The van der Waals surface area contributed by atoms with Crippen molar-refractivity contribution in [3.8, 4) is 45.6 Å². The Morgan fingerprint density at radius 3 is 1.52 bits per heavy atom. The number of carbonyl (C=O) groups excluding carboxylic acids is 1. The smallest absolute Gasteiger partial charge is 0.339 e. The Labute approximate surface area is 235 Å². The molecule has 0 radical (unpaired) electrons. The minimum atomic E-state index is -1.27. The van der Waals surface area contributed by atoms with Crippen LogP contribution >= 0.6 is 0 Å². The molecule has 4 N–H and O–H groups in total. The maximum atomic E-state index is 13.2. The number of carboxylic acid groups (broad SMARTS) is 2. The van der Waals surface area contributed by atoms with Crippen molar-refractivity contribution in [2.24, 2.45) is 0 Å². The lowest BCUT2D eigenvalue weighted by molar-refractivity contribution is 0.0649. The summed E-state index contributed by atoms with van der Waals surface area (Å²) in [6.07, 6.45) is 3.94. The third kappa shape index (κ3) is 4.74. The second kappa shape index (κ2) is 10.1. The number of aromatic carboxylic acids is 2. The van der Waals surface area contributed by atoms with Gasteiger partial charge in [0.25, 0.3) is 5.91 Å². The molecule has 210 valence electrons. The van der Waals surface area contributed by atoms with Gasteiger partial charge in [-0.1, -0.05) is 10.4 Å². The van der Waals surface area contributed by atoms with Gasteiger partial charge in [-0.05, 0) is 42.8 Å². The van der Waals surface area contributed by atoms with E-state index in [9.17, 15) is 24.6 Å². The van der Waals surface area contributed by atoms with Gasteiger partial charge in [0, 0.05) is 30.8 Å². The van der Waals surface area contributed by atoms with Crippen molar-refractivity contribution >= 4 is 17.8 Å². The lowest BCUT2D eigenvalue weighted by atomic mass is 10.1. The van der Waals surface area contributed by atoms with Gasteiger partial charge in [0.15, 0.2) is 0 Å². The minimum Gasteiger partial charge on any atom is -0.507 e. The van der Waals surface area contributed by atoms with Crippen LogP contribution in [-0.4, -0.2) is 91.2 Å². The van der Waals surface area contributed by atoms with Crippen LogP contribution in [0.4, 0.5) is 0 Å². The van der Waals surface area contributed by atoms with Gasteiger partial charge in [-0.15, -0.1) is 10.2 Å². The summed E-state index contributed by atoms with van der Waals surface area (Å²) in [5.74, 6) is -3.62. The first-order chi connectivity index (χ1) is 20.2. The molecule has 0 aliphatic carbocycles. The molecular formula is C27H20N8O7. The molecule has 1 saturated heterocycles. The van der Waals surface area contributed by atoms with E-state index in [4.69, 9.17) is 10.2 Å². The summed E-state index contributed by atoms with van der Waals surface area (Å²) in [5.41, 5.74) is 1.70. The number of hydrogen-bond donors (Lipinski definition) is 4. The standard InChI is InChI=1S/C27H20N8O7/c36-23-10-15(2-4-17(23)26(39)40)34-12-21(29-31-34)19-8-14(25(38)33-6-1-7-33)9-20(28-19)22-13-35(32-30-22)16-3-5-18(27(41)42)24(37)11-16/h2-5,8-13,36-37H,1,6-7H2,(H,39,40)(H,41,42). The molecule has 3 aromatic heterocycles. The predicted octanol–water partition coefficient (Wildman–Crippen LogP) is 2.23. The Balaban J connectivity index is 1.38. The van der Waals surface area contributed by atoms with Crippen LogP contribution in [0, 0.1) is 0 Å². The normalized spacial score (nSPS) is 12.6. The number of aromatic nitrogens is 7. The van der Waals surface area contributed by atoms with Gasteiger partial charge < -0.3 is 25.3 Å². The number of rotatable bonds is 7. The van der Waals surface area contributed by atoms with E-state index in [0.717, 1.165) is 6.42 Å². The number of carboxylic acids is 2. The first-order valence-corrected chi connectivity index (χ1v) is 12.5. The predicted molar refractivity (Wildman–Crippen MR) is 143 cm³/mol. The van der Waals surface area contributed by atoms with E-state index in [1.165, 1.54) is 58.2 Å². The summed E-state index contributed by atoms with van der Waals surface area (Å²) >= 11 is 0. The number of hydrogen-bond acceptors (Lipinski definition) is 10. The number of aromatic hydroxyl groups is 2. The van der Waals surface area contributed by atoms with E-state index in [1.807, 2.05) is 0 Å². The maximum Gasteiger partial charge on any atom is 0.339 e. The zero-order valence-corrected chi connectivity index (χ0v) is 21.5. The maximum absolute atomic E-state index is 13.2. The third-order valence-electron chi connectivity index (χ3n) is 6.68. The van der Waals surface area contributed by atoms with E-state index in [-0.39, 0.29) is 28.4 Å². The molecule has 1 amide bonds. The average molecular weight is 569 g/mol. The molecule has 15 nitrogen and oxygen atoms in total. The number of pyridine rings is 1. The van der Waals surface area contributed by atoms with Crippen LogP contribution in [0.1, 0.15) is 37.5 Å². The molecule has 2 aromatic carbocycles. The Morgan fingerprint density at radius 1 is 0.667 bits per heavy atom. The fourth-order valence-electron chi connectivity index (χ4n) is 4.32. The van der Waals surface area contributed by atoms with Crippen molar-refractivity contribution < 1.29 is 34.8 Å². The highest BCUT2D eigenvalue weighted by Gasteiger charge is 2.24. The molecule has 0 spiro atoms. The van der Waals surface area contributed by atoms with E-state index in [0.29, 0.717) is 41.4 Å². The van der Waals surface area contributed by atoms with Crippen molar-refractivity contribution in [3.63, 3.8) is 0 Å². The van der Waals surface area contributed by atoms with E-state index >= 15 is 0 Å². The van der Waals surface area contributed by atoms with Gasteiger partial charge in [0.1, 0.15) is 34.0 Å². The minimum absolute atomic E-state index is 0.200. The molecule has 6 rings (SSSR count). The third-order valence-corrected chi connectivity index (χ3v) is 6.68. The van der Waals surface area contributed by atoms with Crippen LogP contribution in [0.15, 0.2) is 60.9 Å². The molecule has 42 heavy (non-hydrogen) atoms. The number of nitrogens with zero attached hydrogens (tertiary/aromatic N) is 8. The summed E-state index contributed by atoms with van der Waals surface area (Å²) in [7, 11) is 0. The Morgan fingerprint density at radius 2 is 1.14 bits per heavy atom. The number of phenols is 2. The first-order valence-electron chi connectivity index (χ1n) is 12.5. The van der Waals surface area contributed by atoms with Crippen molar-refractivity contribution in [2.45, 2.75) is 6.42 Å². The fourth-order valence-corrected chi connectivity index (χ4v) is 4.32. The van der Waals surface area contributed by atoms with Crippen molar-refractivity contribution in [1.82, 2.24) is 39.9 Å². The molecule has 0 atom stereocenters. The Kier molecular flexibility index (Phi) is 6.30. The van der Waals surface area contributed by atoms with Gasteiger partial charge >= 0.3 is 11.9 Å². The molecule has 0 saturated carbocycles. The first kappa shape index (κ1) is 26.1. The van der Waals surface area contributed by atoms with Gasteiger partial charge in [-0.2, -0.15) is 0 Å².